The molecule has 0 bridgehead atoms. The molecule has 0 amide bonds. The molecular weight excluding hydrogens is 846 g/mol. The summed E-state index contributed by atoms with van der Waals surface area (Å²) in [6.07, 6.45) is -11.4. The highest BCUT2D eigenvalue weighted by atomic mass is 19.4. The van der Waals surface area contributed by atoms with E-state index in [1.165, 1.54) is 36.4 Å². The van der Waals surface area contributed by atoms with E-state index >= 15 is 0 Å². The summed E-state index contributed by atoms with van der Waals surface area (Å²) in [5, 5.41) is 37.1. The maximum Gasteiger partial charge on any atom is 0.411 e. The quantitative estimate of drug-likeness (QED) is 0.0382. The van der Waals surface area contributed by atoms with Crippen molar-refractivity contribution in [2.45, 2.75) is 17.8 Å². The number of nitrogen functional groups attached to an aromatic ring is 2. The van der Waals surface area contributed by atoms with Crippen LogP contribution in [0.2, 0.25) is 0 Å². The number of carbonyl (C=O) groups excluding carboxylic acids is 1. The molecule has 6 rings (SSSR count). The van der Waals surface area contributed by atoms with E-state index in [1.54, 1.807) is 42.5 Å². The molecule has 0 heterocycles. The number of ketones is 1. The Kier molecular flexibility index (Phi) is 13.1. The summed E-state index contributed by atoms with van der Waals surface area (Å²) in [4.78, 5) is 58.4. The molecule has 8 N–H and O–H groups in total. The smallest absolute Gasteiger partial charge is 0.411 e. The Morgan fingerprint density at radius 2 is 0.825 bits per heavy atom. The molecule has 6 aromatic carbocycles. The zero-order valence-corrected chi connectivity index (χ0v) is 31.8. The van der Waals surface area contributed by atoms with Crippen molar-refractivity contribution < 1.29 is 80.2 Å². The van der Waals surface area contributed by atoms with Crippen molar-refractivity contribution in [2.24, 2.45) is 0 Å². The summed E-state index contributed by atoms with van der Waals surface area (Å²) in [6, 6.07) is 27.3. The summed E-state index contributed by atoms with van der Waals surface area (Å²) >= 11 is 0. The second-order valence-corrected chi connectivity index (χ2v) is 13.2. The largest absolute Gasteiger partial charge is 0.478 e. The molecule has 0 aromatic heterocycles. The van der Waals surface area contributed by atoms with E-state index < -0.39 is 86.4 Å². The SMILES string of the molecule is Nc1cccc(Oc2ccc(C(c3ccc(Oc4cccc(N)c4)cc3)(C(F)(F)F)C(F)(F)F)cc2)c1.O=C(O)c1cc(C(=O)c2ccccc2)c(C(=O)O)c(C(=O)O)c1C(=O)O. The second-order valence-electron chi connectivity index (χ2n) is 13.2. The molecule has 0 unspecified atom stereocenters. The van der Waals surface area contributed by atoms with E-state index in [4.69, 9.17) is 20.9 Å². The molecule has 0 atom stereocenters. The van der Waals surface area contributed by atoms with Gasteiger partial charge < -0.3 is 41.4 Å². The van der Waals surface area contributed by atoms with Gasteiger partial charge in [0.05, 0.1) is 22.3 Å². The maximum absolute atomic E-state index is 14.4. The zero-order valence-electron chi connectivity index (χ0n) is 31.8. The molecule has 324 valence electrons. The van der Waals surface area contributed by atoms with Gasteiger partial charge in [0.15, 0.2) is 5.78 Å². The summed E-state index contributed by atoms with van der Waals surface area (Å²) in [6.45, 7) is 0. The lowest BCUT2D eigenvalue weighted by Gasteiger charge is -2.38. The van der Waals surface area contributed by atoms with Crippen LogP contribution in [0.1, 0.15) is 68.5 Å². The molecule has 63 heavy (non-hydrogen) atoms. The van der Waals surface area contributed by atoms with Gasteiger partial charge in [0, 0.05) is 34.6 Å². The molecular formula is C44H30F6N2O11. The van der Waals surface area contributed by atoms with E-state index in [9.17, 15) is 70.7 Å². The van der Waals surface area contributed by atoms with Crippen molar-refractivity contribution in [3.05, 3.63) is 178 Å². The third kappa shape index (κ3) is 9.67. The Hall–Kier alpha value is -8.35. The highest BCUT2D eigenvalue weighted by Crippen LogP contribution is 2.56. The van der Waals surface area contributed by atoms with Crippen LogP contribution in [0.3, 0.4) is 0 Å². The van der Waals surface area contributed by atoms with Crippen LogP contribution < -0.4 is 20.9 Å². The van der Waals surface area contributed by atoms with Crippen LogP contribution in [0.25, 0.3) is 0 Å². The number of hydrogen-bond acceptors (Lipinski definition) is 9. The number of hydrogen-bond donors (Lipinski definition) is 6. The molecule has 6 aromatic rings. The average Bonchev–Trinajstić information content (AvgIpc) is 3.20. The van der Waals surface area contributed by atoms with Crippen LogP contribution in [0, 0.1) is 0 Å². The lowest BCUT2D eigenvalue weighted by Crippen LogP contribution is -2.54. The lowest BCUT2D eigenvalue weighted by molar-refractivity contribution is -0.288. The Morgan fingerprint density at radius 3 is 1.17 bits per heavy atom. The standard InChI is InChI=1S/C27H20F6N2O2.C17H10O9/c28-26(29,30)25(27(31,32)33,17-7-11-21(12-8-17)36-23-5-1-3-19(34)15-23)18-9-13-22(14-10-18)37-24-6-2-4-20(35)16-24;18-13(7-4-2-1-3-5-7)8-6-9(14(19)20)11(16(23)24)12(17(25)26)10(8)15(21)22/h1-16H,34-35H2;1-6H,(H,19,20)(H,21,22)(H,23,24)(H,25,26). The number of halogens is 6. The normalized spacial score (nSPS) is 11.4. The van der Waals surface area contributed by atoms with E-state index in [1.807, 2.05) is 0 Å². The van der Waals surface area contributed by atoms with Crippen LogP contribution in [-0.4, -0.2) is 62.4 Å². The number of rotatable bonds is 12. The van der Waals surface area contributed by atoms with Crippen molar-refractivity contribution in [3.63, 3.8) is 0 Å². The van der Waals surface area contributed by atoms with Gasteiger partial charge in [-0.1, -0.05) is 66.7 Å². The van der Waals surface area contributed by atoms with Gasteiger partial charge >= 0.3 is 36.2 Å². The molecule has 0 spiro atoms. The summed E-state index contributed by atoms with van der Waals surface area (Å²) in [7, 11) is 0. The minimum Gasteiger partial charge on any atom is -0.478 e. The minimum atomic E-state index is -5.72. The highest BCUT2D eigenvalue weighted by molar-refractivity contribution is 6.21. The van der Waals surface area contributed by atoms with Crippen LogP contribution in [0.5, 0.6) is 23.0 Å². The van der Waals surface area contributed by atoms with Gasteiger partial charge in [-0.25, -0.2) is 19.2 Å². The fourth-order valence-electron chi connectivity index (χ4n) is 6.39. The molecule has 0 aliphatic heterocycles. The molecule has 0 saturated heterocycles. The number of carboxylic acids is 4. The van der Waals surface area contributed by atoms with Crippen LogP contribution in [0.15, 0.2) is 133 Å². The summed E-state index contributed by atoms with van der Waals surface area (Å²) in [5.74, 6) is -7.93. The van der Waals surface area contributed by atoms with Crippen molar-refractivity contribution in [2.75, 3.05) is 11.5 Å². The molecule has 0 saturated carbocycles. The first-order chi connectivity index (χ1) is 29.6. The number of alkyl halides is 6. The van der Waals surface area contributed by atoms with Gasteiger partial charge in [-0.05, 0) is 65.7 Å². The second kappa shape index (κ2) is 18.1. The van der Waals surface area contributed by atoms with Gasteiger partial charge in [-0.15, -0.1) is 0 Å². The Morgan fingerprint density at radius 1 is 0.429 bits per heavy atom. The number of carboxylic acid groups (broad SMARTS) is 4. The predicted octanol–water partition coefficient (Wildman–Crippen LogP) is 9.56. The number of benzene rings is 6. The molecule has 0 aliphatic rings. The first kappa shape index (κ1) is 45.7. The summed E-state index contributed by atoms with van der Waals surface area (Å²) in [5.41, 5.74) is 0.430. The van der Waals surface area contributed by atoms with Crippen LogP contribution in [-0.2, 0) is 5.41 Å². The van der Waals surface area contributed by atoms with Crippen molar-refractivity contribution in [1.29, 1.82) is 0 Å². The van der Waals surface area contributed by atoms with Crippen molar-refractivity contribution in [3.8, 4) is 23.0 Å². The van der Waals surface area contributed by atoms with Gasteiger partial charge in [-0.3, -0.25) is 4.79 Å². The fourth-order valence-corrected chi connectivity index (χ4v) is 6.39. The van der Waals surface area contributed by atoms with Crippen molar-refractivity contribution >= 4 is 41.0 Å². The molecule has 0 radical (unpaired) electrons. The monoisotopic (exact) mass is 876 g/mol. The minimum absolute atomic E-state index is 0.0225. The number of anilines is 2. The van der Waals surface area contributed by atoms with Crippen LogP contribution in [0.4, 0.5) is 37.7 Å². The van der Waals surface area contributed by atoms with Gasteiger partial charge in [-0.2, -0.15) is 26.3 Å². The zero-order chi connectivity index (χ0) is 46.4. The number of ether oxygens (including phenoxy) is 2. The Balaban J connectivity index is 0.000000253. The average molecular weight is 877 g/mol. The lowest BCUT2D eigenvalue weighted by atomic mass is 9.73. The Labute approximate surface area is 351 Å². The first-order valence-electron chi connectivity index (χ1n) is 17.7. The van der Waals surface area contributed by atoms with Gasteiger partial charge in [0.2, 0.25) is 5.41 Å². The van der Waals surface area contributed by atoms with Crippen molar-refractivity contribution in [1.82, 2.24) is 0 Å². The Bertz CT molecular complexity index is 2600. The van der Waals surface area contributed by atoms with E-state index in [-0.39, 0.29) is 28.6 Å². The van der Waals surface area contributed by atoms with E-state index in [0.717, 1.165) is 48.5 Å². The van der Waals surface area contributed by atoms with Gasteiger partial charge in [0.1, 0.15) is 23.0 Å². The third-order valence-electron chi connectivity index (χ3n) is 9.09. The number of carbonyl (C=O) groups is 5. The topological polar surface area (TPSA) is 237 Å². The van der Waals surface area contributed by atoms with Crippen LogP contribution >= 0.6 is 0 Å². The maximum atomic E-state index is 14.4. The van der Waals surface area contributed by atoms with Gasteiger partial charge in [0.25, 0.3) is 0 Å². The number of nitrogens with two attached hydrogens (primary N) is 2. The fraction of sp³-hybridized carbons (Fsp3) is 0.0682. The predicted molar refractivity (Wildman–Crippen MR) is 212 cm³/mol. The van der Waals surface area contributed by atoms with E-state index in [0.29, 0.717) is 17.4 Å². The molecule has 13 nitrogen and oxygen atoms in total. The highest BCUT2D eigenvalue weighted by Gasteiger charge is 2.72. The first-order valence-corrected chi connectivity index (χ1v) is 17.7. The molecule has 19 heteroatoms. The van der Waals surface area contributed by atoms with E-state index in [2.05, 4.69) is 0 Å². The molecule has 0 fully saturated rings. The summed E-state index contributed by atoms with van der Waals surface area (Å²) < 4.78 is 97.5. The third-order valence-corrected chi connectivity index (χ3v) is 9.09. The number of aromatic carboxylic acids is 4. The molecule has 0 aliphatic carbocycles.